The van der Waals surface area contributed by atoms with Crippen LogP contribution < -0.4 is 10.5 Å². The van der Waals surface area contributed by atoms with Crippen molar-refractivity contribution in [3.8, 4) is 0 Å². The zero-order valence-corrected chi connectivity index (χ0v) is 30.5. The number of aromatic nitrogens is 3. The summed E-state index contributed by atoms with van der Waals surface area (Å²) in [6.07, 6.45) is 9.40. The largest absolute Gasteiger partial charge is 0.359 e. The molecule has 1 saturated carbocycles. The summed E-state index contributed by atoms with van der Waals surface area (Å²) in [5.41, 5.74) is 1.79. The lowest BCUT2D eigenvalue weighted by Crippen LogP contribution is -2.54. The lowest BCUT2D eigenvalue weighted by atomic mass is 9.85. The van der Waals surface area contributed by atoms with Gasteiger partial charge >= 0.3 is 0 Å². The van der Waals surface area contributed by atoms with E-state index in [1.165, 1.54) is 39.3 Å². The number of hydrogen-bond donors (Lipinski definition) is 0. The molecule has 2 aromatic heterocycles. The zero-order chi connectivity index (χ0) is 36.4. The van der Waals surface area contributed by atoms with Crippen LogP contribution in [0.5, 0.6) is 0 Å². The fourth-order valence-corrected chi connectivity index (χ4v) is 8.16. The summed E-state index contributed by atoms with van der Waals surface area (Å²) in [7, 11) is -1.31. The highest BCUT2D eigenvalue weighted by atomic mass is 32.2. The molecule has 0 spiro atoms. The number of fused-ring (bicyclic) bond motifs is 1. The zero-order valence-electron chi connectivity index (χ0n) is 28.7. The van der Waals surface area contributed by atoms with E-state index in [9.17, 15) is 31.5 Å². The van der Waals surface area contributed by atoms with Crippen molar-refractivity contribution < 1.29 is 31.5 Å². The molecule has 2 aliphatic rings. The fraction of sp³-hybridized carbons (Fsp3) is 0.444. The number of halogens is 5. The predicted molar refractivity (Wildman–Crippen MR) is 189 cm³/mol. The number of carbonyl (C=O) groups excluding carboxylic acids is 1. The van der Waals surface area contributed by atoms with Crippen LogP contribution in [0.25, 0.3) is 10.8 Å². The number of rotatable bonds is 12. The molecule has 1 aliphatic carbocycles. The maximum absolute atomic E-state index is 14.6. The van der Waals surface area contributed by atoms with Gasteiger partial charge in [-0.15, -0.1) is 0 Å². The first-order valence-corrected chi connectivity index (χ1v) is 21.6. The van der Waals surface area contributed by atoms with Gasteiger partial charge in [0.05, 0.1) is 23.8 Å². The molecule has 3 heterocycles. The van der Waals surface area contributed by atoms with E-state index < -0.39 is 54.0 Å². The first-order chi connectivity index (χ1) is 24.3. The molecule has 15 heteroatoms. The minimum Gasteiger partial charge on any atom is -0.359 e. The Labute approximate surface area is 298 Å². The van der Waals surface area contributed by atoms with E-state index in [1.807, 2.05) is 18.3 Å². The first-order valence-electron chi connectivity index (χ1n) is 17.1. The number of anilines is 1. The molecule has 2 fully saturated rings. The highest BCUT2D eigenvalue weighted by Gasteiger charge is 2.40. The molecule has 2 aromatic carbocycles. The number of hydrogen-bond acceptors (Lipinski definition) is 7. The highest BCUT2D eigenvalue weighted by Crippen LogP contribution is 2.39. The van der Waals surface area contributed by atoms with Gasteiger partial charge in [0, 0.05) is 38.5 Å². The average molecular weight is 746 g/mol. The molecule has 8 nitrogen and oxygen atoms in total. The number of benzene rings is 2. The molecular weight excluding hydrogens is 706 g/mol. The van der Waals surface area contributed by atoms with Crippen molar-refractivity contribution in [1.29, 1.82) is 0 Å². The van der Waals surface area contributed by atoms with Crippen molar-refractivity contribution in [2.75, 3.05) is 18.1 Å². The van der Waals surface area contributed by atoms with E-state index in [0.717, 1.165) is 24.4 Å². The van der Waals surface area contributed by atoms with Crippen LogP contribution in [0.15, 0.2) is 52.4 Å². The van der Waals surface area contributed by atoms with Crippen molar-refractivity contribution in [3.05, 3.63) is 93.4 Å². The predicted octanol–water partition coefficient (Wildman–Crippen LogP) is 8.16. The summed E-state index contributed by atoms with van der Waals surface area (Å²) < 4.78 is 79.0. The Morgan fingerprint density at radius 1 is 0.941 bits per heavy atom. The number of pyridine rings is 1. The third-order valence-corrected chi connectivity index (χ3v) is 12.4. The topological polar surface area (TPSA) is 80.6 Å². The standard InChI is InChI=1S/C36H40F5N5O3SSi/c1-51(2,3)16-15-49-21-45-35(47)27-12-11-26(17-24(27)19-43-45)44(20-25-10-9-23(18-42-25)22-7-5-4-6-8-22)36(48)28-13-14-46(28)50-34-32(40)30(38)29(37)31(39)33(34)41/h9-12,17-19,22,28H,4-8,13-16,20-21H2,1-3H3/t28-/m1/s1. The van der Waals surface area contributed by atoms with E-state index in [-0.39, 0.29) is 31.8 Å². The summed E-state index contributed by atoms with van der Waals surface area (Å²) in [5.74, 6) is -10.3. The number of carbonyl (C=O) groups is 1. The quantitative estimate of drug-likeness (QED) is 0.0362. The van der Waals surface area contributed by atoms with Crippen LogP contribution in [0.2, 0.25) is 25.7 Å². The molecule has 1 saturated heterocycles. The van der Waals surface area contributed by atoms with Crippen molar-refractivity contribution in [1.82, 2.24) is 19.1 Å². The summed E-state index contributed by atoms with van der Waals surface area (Å²) in [5, 5.41) is 5.14. The maximum atomic E-state index is 14.6. The van der Waals surface area contributed by atoms with Crippen molar-refractivity contribution in [2.24, 2.45) is 0 Å². The average Bonchev–Trinajstić information content (AvgIpc) is 3.11. The Morgan fingerprint density at radius 2 is 1.65 bits per heavy atom. The Hall–Kier alpha value is -3.66. The molecule has 0 unspecified atom stereocenters. The molecule has 0 N–H and O–H groups in total. The maximum Gasteiger partial charge on any atom is 0.276 e. The van der Waals surface area contributed by atoms with Crippen LogP contribution in [0.4, 0.5) is 27.6 Å². The Morgan fingerprint density at radius 3 is 2.27 bits per heavy atom. The van der Waals surface area contributed by atoms with Gasteiger partial charge < -0.3 is 9.64 Å². The molecule has 0 bridgehead atoms. The van der Waals surface area contributed by atoms with Crippen LogP contribution in [-0.4, -0.2) is 52.2 Å². The molecule has 4 aromatic rings. The van der Waals surface area contributed by atoms with Gasteiger partial charge in [0.2, 0.25) is 11.7 Å². The Kier molecular flexibility index (Phi) is 11.3. The second-order valence-corrected chi connectivity index (χ2v) is 21.0. The van der Waals surface area contributed by atoms with Gasteiger partial charge in [0.1, 0.15) is 17.7 Å². The summed E-state index contributed by atoms with van der Waals surface area (Å²) in [6.45, 7) is 7.44. The molecule has 51 heavy (non-hydrogen) atoms. The fourth-order valence-electron chi connectivity index (χ4n) is 6.31. The van der Waals surface area contributed by atoms with Crippen LogP contribution in [-0.2, 0) is 22.8 Å². The number of ether oxygens (including phenoxy) is 1. The van der Waals surface area contributed by atoms with E-state index in [2.05, 4.69) is 29.7 Å². The second kappa shape index (κ2) is 15.5. The van der Waals surface area contributed by atoms with E-state index >= 15 is 0 Å². The van der Waals surface area contributed by atoms with Gasteiger partial charge in [-0.25, -0.2) is 30.9 Å². The van der Waals surface area contributed by atoms with Gasteiger partial charge in [-0.1, -0.05) is 45.0 Å². The van der Waals surface area contributed by atoms with Crippen molar-refractivity contribution >= 4 is 42.4 Å². The number of amides is 1. The lowest BCUT2D eigenvalue weighted by Gasteiger charge is -2.41. The van der Waals surface area contributed by atoms with E-state index in [4.69, 9.17) is 4.74 Å². The van der Waals surface area contributed by atoms with Crippen LogP contribution in [0.3, 0.4) is 0 Å². The van der Waals surface area contributed by atoms with Gasteiger partial charge in [0.15, 0.2) is 23.3 Å². The van der Waals surface area contributed by atoms with Crippen molar-refractivity contribution in [3.63, 3.8) is 0 Å². The molecule has 1 atom stereocenters. The Bertz CT molecular complexity index is 1940. The van der Waals surface area contributed by atoms with Gasteiger partial charge in [0.25, 0.3) is 5.56 Å². The molecule has 1 amide bonds. The second-order valence-electron chi connectivity index (χ2n) is 14.3. The summed E-state index contributed by atoms with van der Waals surface area (Å²) in [4.78, 5) is 32.6. The molecule has 272 valence electrons. The summed E-state index contributed by atoms with van der Waals surface area (Å²) in [6, 6.07) is 8.79. The van der Waals surface area contributed by atoms with Crippen LogP contribution in [0.1, 0.15) is 55.7 Å². The van der Waals surface area contributed by atoms with E-state index in [1.54, 1.807) is 18.2 Å². The minimum atomic E-state index is -2.24. The number of nitrogens with zero attached hydrogens (tertiary/aromatic N) is 5. The third kappa shape index (κ3) is 8.21. The molecule has 0 radical (unpaired) electrons. The lowest BCUT2D eigenvalue weighted by molar-refractivity contribution is -0.124. The van der Waals surface area contributed by atoms with Gasteiger partial charge in [-0.3, -0.25) is 14.6 Å². The SMILES string of the molecule is C[Si](C)(C)CCOCn1ncc2cc(N(Cc3ccc(C4CCCCC4)cn3)C(=O)[C@H]3CCN3Sc3c(F)c(F)c(F)c(F)c3F)ccc2c1=O. The minimum absolute atomic E-state index is 0.00631. The molecule has 1 aliphatic heterocycles. The van der Waals surface area contributed by atoms with Crippen LogP contribution >= 0.6 is 11.9 Å². The molecular formula is C36H40F5N5O3SSi. The normalized spacial score (nSPS) is 17.1. The smallest absolute Gasteiger partial charge is 0.276 e. The molecule has 6 rings (SSSR count). The van der Waals surface area contributed by atoms with Crippen molar-refractivity contribution in [2.45, 2.75) is 94.3 Å². The van der Waals surface area contributed by atoms with Crippen LogP contribution in [0, 0.1) is 29.1 Å². The van der Waals surface area contributed by atoms with Gasteiger partial charge in [-0.2, -0.15) is 5.10 Å². The highest BCUT2D eigenvalue weighted by molar-refractivity contribution is 7.97. The van der Waals surface area contributed by atoms with Gasteiger partial charge in [-0.05, 0) is 73.0 Å². The monoisotopic (exact) mass is 745 g/mol. The van der Waals surface area contributed by atoms with E-state index in [0.29, 0.717) is 46.6 Å². The third-order valence-electron chi connectivity index (χ3n) is 9.50. The first kappa shape index (κ1) is 37.1. The Balaban J connectivity index is 1.27. The summed E-state index contributed by atoms with van der Waals surface area (Å²) >= 11 is 0.319.